The second-order valence-corrected chi connectivity index (χ2v) is 12.1. The second kappa shape index (κ2) is 13.6. The Morgan fingerprint density at radius 2 is 1.24 bits per heavy atom. The molecule has 0 heterocycles. The number of amides is 1. The van der Waals surface area contributed by atoms with Crippen molar-refractivity contribution in [2.24, 2.45) is 5.92 Å². The average molecular weight is 630 g/mol. The Kier molecular flexibility index (Phi) is 9.23. The smallest absolute Gasteiger partial charge is 0.407 e. The number of alkyl carbamates (subject to hydrolysis) is 1. The Bertz CT molecular complexity index is 1740. The lowest BCUT2D eigenvalue weighted by Gasteiger charge is -2.37. The second-order valence-electron chi connectivity index (χ2n) is 11.6. The van der Waals surface area contributed by atoms with E-state index in [9.17, 15) is 9.59 Å². The maximum absolute atomic E-state index is 14.4. The number of esters is 1. The molecule has 0 bridgehead atoms. The van der Waals surface area contributed by atoms with E-state index in [1.165, 1.54) is 0 Å². The molecule has 0 aliphatic heterocycles. The molecule has 232 valence electrons. The molecule has 0 saturated carbocycles. The van der Waals surface area contributed by atoms with E-state index in [1.807, 2.05) is 117 Å². The predicted octanol–water partition coefficient (Wildman–Crippen LogP) is 9.13. The highest BCUT2D eigenvalue weighted by Gasteiger charge is 2.44. The molecule has 0 aromatic heterocycles. The van der Waals surface area contributed by atoms with Gasteiger partial charge in [-0.05, 0) is 34.2 Å². The highest BCUT2D eigenvalue weighted by molar-refractivity contribution is 6.31. The van der Waals surface area contributed by atoms with Crippen LogP contribution in [-0.2, 0) is 19.9 Å². The van der Waals surface area contributed by atoms with Crippen molar-refractivity contribution in [1.29, 1.82) is 0 Å². The first-order valence-electron chi connectivity index (χ1n) is 15.6. The topological polar surface area (TPSA) is 64.6 Å². The van der Waals surface area contributed by atoms with E-state index in [1.54, 1.807) is 6.07 Å². The summed E-state index contributed by atoms with van der Waals surface area (Å²) in [5.41, 5.74) is 5.21. The molecule has 5 aromatic rings. The first kappa shape index (κ1) is 31.1. The van der Waals surface area contributed by atoms with Crippen LogP contribution in [0.4, 0.5) is 4.79 Å². The van der Waals surface area contributed by atoms with E-state index in [0.29, 0.717) is 17.0 Å². The Labute approximate surface area is 275 Å². The van der Waals surface area contributed by atoms with Gasteiger partial charge in [0.1, 0.15) is 12.6 Å². The fourth-order valence-corrected chi connectivity index (χ4v) is 6.66. The highest BCUT2D eigenvalue weighted by Crippen LogP contribution is 2.45. The van der Waals surface area contributed by atoms with Crippen molar-refractivity contribution in [3.05, 3.63) is 166 Å². The minimum absolute atomic E-state index is 0.101. The molecular weight excluding hydrogens is 594 g/mol. The number of ether oxygens (including phenoxy) is 2. The van der Waals surface area contributed by atoms with Crippen LogP contribution in [0.5, 0.6) is 0 Å². The lowest BCUT2D eigenvalue weighted by atomic mass is 9.79. The number of nitrogens with one attached hydrogen (secondary N) is 1. The van der Waals surface area contributed by atoms with Gasteiger partial charge in [-0.3, -0.25) is 0 Å². The molecule has 0 unspecified atom stereocenters. The Balaban J connectivity index is 1.30. The van der Waals surface area contributed by atoms with E-state index in [0.717, 1.165) is 33.4 Å². The van der Waals surface area contributed by atoms with Gasteiger partial charge in [-0.25, -0.2) is 9.59 Å². The Morgan fingerprint density at radius 3 is 1.78 bits per heavy atom. The van der Waals surface area contributed by atoms with E-state index in [-0.39, 0.29) is 18.4 Å². The lowest BCUT2D eigenvalue weighted by Crippen LogP contribution is -2.49. The fourth-order valence-electron chi connectivity index (χ4n) is 6.39. The van der Waals surface area contributed by atoms with Crippen LogP contribution in [0, 0.1) is 5.92 Å². The van der Waals surface area contributed by atoms with Crippen LogP contribution in [0.3, 0.4) is 0 Å². The summed E-state index contributed by atoms with van der Waals surface area (Å²) in [7, 11) is 0. The molecular formula is C40H36ClNO4. The van der Waals surface area contributed by atoms with E-state index in [2.05, 4.69) is 29.6 Å². The van der Waals surface area contributed by atoms with Crippen molar-refractivity contribution >= 4 is 23.7 Å². The lowest BCUT2D eigenvalue weighted by molar-refractivity contribution is -0.157. The first-order valence-corrected chi connectivity index (χ1v) is 16.0. The van der Waals surface area contributed by atoms with Crippen molar-refractivity contribution in [2.45, 2.75) is 37.8 Å². The molecule has 6 heteroatoms. The zero-order valence-corrected chi connectivity index (χ0v) is 26.6. The number of carbonyl (C=O) groups is 2. The van der Waals surface area contributed by atoms with Gasteiger partial charge in [-0.15, -0.1) is 0 Å². The normalized spacial score (nSPS) is 13.6. The zero-order chi connectivity index (χ0) is 32.1. The molecule has 0 saturated heterocycles. The van der Waals surface area contributed by atoms with E-state index in [4.69, 9.17) is 21.1 Å². The van der Waals surface area contributed by atoms with Crippen LogP contribution in [-0.4, -0.2) is 24.7 Å². The molecule has 5 nitrogen and oxygen atoms in total. The van der Waals surface area contributed by atoms with Crippen molar-refractivity contribution in [3.63, 3.8) is 0 Å². The molecule has 1 aliphatic carbocycles. The van der Waals surface area contributed by atoms with Gasteiger partial charge in [0, 0.05) is 27.6 Å². The summed E-state index contributed by atoms with van der Waals surface area (Å²) in [6, 6.07) is 41.8. The van der Waals surface area contributed by atoms with Gasteiger partial charge in [-0.2, -0.15) is 0 Å². The van der Waals surface area contributed by atoms with Gasteiger partial charge in [0.05, 0.1) is 0 Å². The number of hydrogen-bond donors (Lipinski definition) is 1. The number of benzene rings is 5. The van der Waals surface area contributed by atoms with Crippen LogP contribution < -0.4 is 5.32 Å². The molecule has 0 radical (unpaired) electrons. The third kappa shape index (κ3) is 5.91. The average Bonchev–Trinajstić information content (AvgIpc) is 3.43. The van der Waals surface area contributed by atoms with Gasteiger partial charge in [0.2, 0.25) is 0 Å². The van der Waals surface area contributed by atoms with E-state index >= 15 is 0 Å². The molecule has 1 amide bonds. The van der Waals surface area contributed by atoms with Gasteiger partial charge < -0.3 is 14.8 Å². The van der Waals surface area contributed by atoms with Crippen LogP contribution in [0.25, 0.3) is 11.1 Å². The largest absolute Gasteiger partial charge is 0.449 e. The molecule has 2 atom stereocenters. The fraction of sp³-hybridized carbons (Fsp3) is 0.200. The number of fused-ring (bicyclic) bond motifs is 3. The molecule has 5 aromatic carbocycles. The quantitative estimate of drug-likeness (QED) is 0.124. The monoisotopic (exact) mass is 629 g/mol. The zero-order valence-electron chi connectivity index (χ0n) is 25.9. The summed E-state index contributed by atoms with van der Waals surface area (Å²) >= 11 is 6.84. The van der Waals surface area contributed by atoms with Gasteiger partial charge in [0.25, 0.3) is 0 Å². The summed E-state index contributed by atoms with van der Waals surface area (Å²) in [4.78, 5) is 27.8. The molecule has 1 aliphatic rings. The Morgan fingerprint density at radius 1 is 0.739 bits per heavy atom. The third-order valence-electron chi connectivity index (χ3n) is 8.95. The Hall–Kier alpha value is -4.87. The van der Waals surface area contributed by atoms with Crippen LogP contribution in [0.15, 0.2) is 133 Å². The summed E-state index contributed by atoms with van der Waals surface area (Å²) < 4.78 is 12.5. The van der Waals surface area contributed by atoms with Gasteiger partial charge in [-0.1, -0.05) is 159 Å². The van der Waals surface area contributed by atoms with Crippen molar-refractivity contribution in [1.82, 2.24) is 5.32 Å². The van der Waals surface area contributed by atoms with Gasteiger partial charge in [0.15, 0.2) is 5.60 Å². The van der Waals surface area contributed by atoms with E-state index < -0.39 is 23.7 Å². The highest BCUT2D eigenvalue weighted by atomic mass is 35.5. The van der Waals surface area contributed by atoms with Crippen LogP contribution >= 0.6 is 11.6 Å². The summed E-state index contributed by atoms with van der Waals surface area (Å²) in [5.74, 6) is -0.935. The minimum atomic E-state index is -1.38. The molecule has 0 spiro atoms. The van der Waals surface area contributed by atoms with Crippen LogP contribution in [0.1, 0.15) is 54.0 Å². The number of halogens is 1. The summed E-state index contributed by atoms with van der Waals surface area (Å²) in [6.07, 6.45) is -0.0500. The maximum Gasteiger partial charge on any atom is 0.407 e. The molecule has 6 rings (SSSR count). The predicted molar refractivity (Wildman–Crippen MR) is 182 cm³/mol. The third-order valence-corrected chi connectivity index (χ3v) is 9.28. The van der Waals surface area contributed by atoms with Crippen molar-refractivity contribution < 1.29 is 19.1 Å². The first-order chi connectivity index (χ1) is 22.4. The number of carbonyl (C=O) groups excluding carboxylic acids is 2. The summed E-state index contributed by atoms with van der Waals surface area (Å²) in [5, 5.41) is 3.31. The van der Waals surface area contributed by atoms with Crippen molar-refractivity contribution in [2.75, 3.05) is 6.61 Å². The molecule has 0 fully saturated rings. The molecule has 46 heavy (non-hydrogen) atoms. The van der Waals surface area contributed by atoms with Crippen LogP contribution in [0.2, 0.25) is 5.02 Å². The molecule has 1 N–H and O–H groups in total. The maximum atomic E-state index is 14.4. The SMILES string of the molecule is CC[C@H](C)[C@H](NC(=O)OCC1c2ccccc2-c2ccccc21)C(=O)OC(c1ccccc1)(c1ccccc1)c1ccccc1Cl. The van der Waals surface area contributed by atoms with Crippen molar-refractivity contribution in [3.8, 4) is 11.1 Å². The minimum Gasteiger partial charge on any atom is -0.449 e. The standard InChI is InChI=1S/C40H36ClNO4/c1-3-27(2)37(42-39(44)45-26-34-32-22-12-10-20-30(32)31-21-11-13-23-33(31)34)38(43)46-40(28-16-6-4-7-17-28,29-18-8-5-9-19-29)35-24-14-15-25-36(35)41/h4-25,27,34,37H,3,26H2,1-2H3,(H,42,44)/t27-,37-/m0/s1. The van der Waals surface area contributed by atoms with Gasteiger partial charge >= 0.3 is 12.1 Å². The number of hydrogen-bond acceptors (Lipinski definition) is 4. The summed E-state index contributed by atoms with van der Waals surface area (Å²) in [6.45, 7) is 4.03. The number of rotatable bonds is 10.